The summed E-state index contributed by atoms with van der Waals surface area (Å²) < 4.78 is 0. The van der Waals surface area contributed by atoms with Crippen LogP contribution >= 0.6 is 0 Å². The average Bonchev–Trinajstić information content (AvgIpc) is 3.25. The molecule has 170 valence electrons. The summed E-state index contributed by atoms with van der Waals surface area (Å²) in [5.41, 5.74) is 0.554. The Bertz CT molecular complexity index is 778. The maximum atomic E-state index is 12.8. The number of guanidine groups is 1. The van der Waals surface area contributed by atoms with E-state index in [1.54, 1.807) is 18.2 Å². The van der Waals surface area contributed by atoms with Crippen molar-refractivity contribution in [3.63, 3.8) is 0 Å². The number of amides is 1. The number of anilines is 1. The Balaban J connectivity index is 1.47. The van der Waals surface area contributed by atoms with Crippen molar-refractivity contribution in [3.05, 3.63) is 34.4 Å². The third-order valence-electron chi connectivity index (χ3n) is 5.94. The predicted octanol–water partition coefficient (Wildman–Crippen LogP) is 2.74. The Morgan fingerprint density at radius 2 is 2.00 bits per heavy atom. The topological polar surface area (TPSA) is 112 Å². The van der Waals surface area contributed by atoms with Crippen LogP contribution in [0, 0.1) is 16.0 Å². The summed E-state index contributed by atoms with van der Waals surface area (Å²) in [7, 11) is 0. The largest absolute Gasteiger partial charge is 0.378 e. The number of hydrogen-bond acceptors (Lipinski definition) is 5. The number of carbonyl (C=O) groups is 1. The highest BCUT2D eigenvalue weighted by Gasteiger charge is 2.31. The molecule has 2 fully saturated rings. The molecule has 1 atom stereocenters. The van der Waals surface area contributed by atoms with Gasteiger partial charge in [-0.2, -0.15) is 0 Å². The van der Waals surface area contributed by atoms with Gasteiger partial charge in [-0.3, -0.25) is 19.9 Å². The Morgan fingerprint density at radius 3 is 2.74 bits per heavy atom. The average molecular weight is 431 g/mol. The molecule has 1 aromatic carbocycles. The van der Waals surface area contributed by atoms with Gasteiger partial charge in [-0.15, -0.1) is 0 Å². The molecule has 2 aliphatic rings. The van der Waals surface area contributed by atoms with Crippen LogP contribution < -0.4 is 16.0 Å². The maximum absolute atomic E-state index is 12.8. The Hall–Kier alpha value is -2.84. The zero-order valence-electron chi connectivity index (χ0n) is 18.3. The number of aliphatic imine (C=N–C) groups is 1. The van der Waals surface area contributed by atoms with Gasteiger partial charge in [0.1, 0.15) is 5.69 Å². The second-order valence-corrected chi connectivity index (χ2v) is 8.21. The molecule has 1 aliphatic heterocycles. The van der Waals surface area contributed by atoms with E-state index < -0.39 is 4.92 Å². The molecule has 3 rings (SSSR count). The van der Waals surface area contributed by atoms with Crippen molar-refractivity contribution in [1.29, 1.82) is 0 Å². The van der Waals surface area contributed by atoms with Crippen LogP contribution in [0.25, 0.3) is 0 Å². The van der Waals surface area contributed by atoms with Gasteiger partial charge >= 0.3 is 0 Å². The minimum absolute atomic E-state index is 0.0604. The molecule has 1 unspecified atom stereocenters. The first-order chi connectivity index (χ1) is 15.1. The number of nitrogens with one attached hydrogen (secondary N) is 3. The molecule has 0 spiro atoms. The molecule has 0 radical (unpaired) electrons. The lowest BCUT2D eigenvalue weighted by atomic mass is 9.88. The maximum Gasteiger partial charge on any atom is 0.292 e. The molecule has 1 aliphatic carbocycles. The molecule has 1 heterocycles. The van der Waals surface area contributed by atoms with E-state index in [0.29, 0.717) is 37.2 Å². The molecule has 0 bridgehead atoms. The smallest absolute Gasteiger partial charge is 0.292 e. The van der Waals surface area contributed by atoms with E-state index in [9.17, 15) is 14.9 Å². The van der Waals surface area contributed by atoms with Crippen LogP contribution in [0.15, 0.2) is 29.3 Å². The Kier molecular flexibility index (Phi) is 8.49. The van der Waals surface area contributed by atoms with Gasteiger partial charge in [-0.1, -0.05) is 31.4 Å². The van der Waals surface area contributed by atoms with Crippen molar-refractivity contribution >= 4 is 23.2 Å². The third kappa shape index (κ3) is 6.57. The van der Waals surface area contributed by atoms with E-state index >= 15 is 0 Å². The number of hydrogen-bond donors (Lipinski definition) is 3. The minimum atomic E-state index is -0.391. The summed E-state index contributed by atoms with van der Waals surface area (Å²) in [5, 5.41) is 20.9. The molecule has 1 saturated carbocycles. The molecule has 9 heteroatoms. The van der Waals surface area contributed by atoms with E-state index in [-0.39, 0.29) is 17.6 Å². The van der Waals surface area contributed by atoms with Crippen LogP contribution in [-0.4, -0.2) is 60.5 Å². The number of carbonyl (C=O) groups excluding carboxylic acids is 1. The van der Waals surface area contributed by atoms with Gasteiger partial charge in [0, 0.05) is 44.2 Å². The monoisotopic (exact) mass is 430 g/mol. The summed E-state index contributed by atoms with van der Waals surface area (Å²) in [6.45, 7) is 5.22. The first-order valence-corrected chi connectivity index (χ1v) is 11.4. The van der Waals surface area contributed by atoms with E-state index in [1.165, 1.54) is 25.3 Å². The summed E-state index contributed by atoms with van der Waals surface area (Å²) in [6, 6.07) is 6.79. The van der Waals surface area contributed by atoms with Gasteiger partial charge in [-0.05, 0) is 32.3 Å². The molecule has 9 nitrogen and oxygen atoms in total. The SMILES string of the molecule is CCNC(=NCCNc1ccccc1[N+](=O)[O-])NC1CCN(C(=O)C2CCCCC2)C1. The number of benzene rings is 1. The molecule has 1 aromatic rings. The first-order valence-electron chi connectivity index (χ1n) is 11.4. The lowest BCUT2D eigenvalue weighted by Gasteiger charge is -2.26. The van der Waals surface area contributed by atoms with Crippen molar-refractivity contribution in [2.45, 2.75) is 51.5 Å². The summed E-state index contributed by atoms with van der Waals surface area (Å²) in [6.07, 6.45) is 6.57. The normalized spacial score (nSPS) is 19.8. The molecule has 1 saturated heterocycles. The summed E-state index contributed by atoms with van der Waals surface area (Å²) >= 11 is 0. The van der Waals surface area contributed by atoms with Crippen LogP contribution in [0.3, 0.4) is 0 Å². The molecule has 31 heavy (non-hydrogen) atoms. The standard InChI is InChI=1S/C22H34N6O3/c1-2-23-22(25-14-13-24-19-10-6-7-11-20(19)28(30)31)26-18-12-15-27(16-18)21(29)17-8-4-3-5-9-17/h6-7,10-11,17-18,24H,2-5,8-9,12-16H2,1H3,(H2,23,25,26). The lowest BCUT2D eigenvalue weighted by molar-refractivity contribution is -0.384. The predicted molar refractivity (Wildman–Crippen MR) is 122 cm³/mol. The molecular formula is C22H34N6O3. The fourth-order valence-electron chi connectivity index (χ4n) is 4.34. The molecule has 1 amide bonds. The van der Waals surface area contributed by atoms with Gasteiger partial charge in [0.05, 0.1) is 11.5 Å². The second kappa shape index (κ2) is 11.5. The first kappa shape index (κ1) is 22.8. The molecular weight excluding hydrogens is 396 g/mol. The van der Waals surface area contributed by atoms with E-state index in [0.717, 1.165) is 32.4 Å². The number of rotatable bonds is 8. The number of nitrogens with zero attached hydrogens (tertiary/aromatic N) is 3. The zero-order chi connectivity index (χ0) is 22.1. The minimum Gasteiger partial charge on any atom is -0.378 e. The quantitative estimate of drug-likeness (QED) is 0.192. The van der Waals surface area contributed by atoms with Gasteiger partial charge < -0.3 is 20.9 Å². The van der Waals surface area contributed by atoms with E-state index in [1.807, 2.05) is 11.8 Å². The van der Waals surface area contributed by atoms with Crippen molar-refractivity contribution in [2.75, 3.05) is 38.0 Å². The van der Waals surface area contributed by atoms with E-state index in [2.05, 4.69) is 20.9 Å². The van der Waals surface area contributed by atoms with Crippen LogP contribution in [-0.2, 0) is 4.79 Å². The van der Waals surface area contributed by atoms with Crippen LogP contribution in [0.2, 0.25) is 0 Å². The molecule has 3 N–H and O–H groups in total. The van der Waals surface area contributed by atoms with Crippen molar-refractivity contribution < 1.29 is 9.72 Å². The highest BCUT2D eigenvalue weighted by molar-refractivity contribution is 5.81. The van der Waals surface area contributed by atoms with Crippen LogP contribution in [0.4, 0.5) is 11.4 Å². The van der Waals surface area contributed by atoms with Crippen molar-refractivity contribution in [1.82, 2.24) is 15.5 Å². The third-order valence-corrected chi connectivity index (χ3v) is 5.94. The Morgan fingerprint density at radius 1 is 1.23 bits per heavy atom. The van der Waals surface area contributed by atoms with Gasteiger partial charge in [0.15, 0.2) is 5.96 Å². The number of likely N-dealkylation sites (tertiary alicyclic amines) is 1. The number of para-hydroxylation sites is 2. The van der Waals surface area contributed by atoms with E-state index in [4.69, 9.17) is 0 Å². The van der Waals surface area contributed by atoms with Gasteiger partial charge in [0.25, 0.3) is 5.69 Å². The lowest BCUT2D eigenvalue weighted by Crippen LogP contribution is -2.45. The number of nitro benzene ring substituents is 1. The fraction of sp³-hybridized carbons (Fsp3) is 0.636. The summed E-state index contributed by atoms with van der Waals surface area (Å²) in [5.74, 6) is 1.24. The van der Waals surface area contributed by atoms with Crippen LogP contribution in [0.5, 0.6) is 0 Å². The van der Waals surface area contributed by atoms with Crippen molar-refractivity contribution in [2.24, 2.45) is 10.9 Å². The highest BCUT2D eigenvalue weighted by Crippen LogP contribution is 2.27. The Labute approximate surface area is 183 Å². The van der Waals surface area contributed by atoms with Gasteiger partial charge in [-0.25, -0.2) is 0 Å². The molecule has 0 aromatic heterocycles. The fourth-order valence-corrected chi connectivity index (χ4v) is 4.34. The zero-order valence-corrected chi connectivity index (χ0v) is 18.3. The number of nitro groups is 1. The van der Waals surface area contributed by atoms with Gasteiger partial charge in [0.2, 0.25) is 5.91 Å². The van der Waals surface area contributed by atoms with Crippen LogP contribution in [0.1, 0.15) is 45.4 Å². The van der Waals surface area contributed by atoms with Crippen molar-refractivity contribution in [3.8, 4) is 0 Å². The second-order valence-electron chi connectivity index (χ2n) is 8.21. The summed E-state index contributed by atoms with van der Waals surface area (Å²) in [4.78, 5) is 30.1. The highest BCUT2D eigenvalue weighted by atomic mass is 16.6.